The molecule has 166 valence electrons. The van der Waals surface area contributed by atoms with Gasteiger partial charge in [-0.15, -0.1) is 0 Å². The van der Waals surface area contributed by atoms with Gasteiger partial charge in [0.05, 0.1) is 16.9 Å². The summed E-state index contributed by atoms with van der Waals surface area (Å²) in [7, 11) is 0. The van der Waals surface area contributed by atoms with E-state index in [0.29, 0.717) is 29.0 Å². The molecule has 10 heteroatoms. The summed E-state index contributed by atoms with van der Waals surface area (Å²) in [5.41, 5.74) is 7.18. The van der Waals surface area contributed by atoms with Gasteiger partial charge in [-0.2, -0.15) is 13.2 Å². The molecular formula is C21H24F3N5O2. The van der Waals surface area contributed by atoms with Crippen molar-refractivity contribution in [2.45, 2.75) is 26.6 Å². The van der Waals surface area contributed by atoms with E-state index in [0.717, 1.165) is 17.8 Å². The fraction of sp³-hybridized carbons (Fsp3) is 0.286. The number of benzene rings is 2. The molecule has 3 amide bonds. The topological polar surface area (TPSA) is 99.8 Å². The number of hydrogen-bond acceptors (Lipinski definition) is 4. The molecule has 0 spiro atoms. The van der Waals surface area contributed by atoms with Crippen molar-refractivity contribution < 1.29 is 22.8 Å². The van der Waals surface area contributed by atoms with Crippen molar-refractivity contribution in [1.82, 2.24) is 5.32 Å². The van der Waals surface area contributed by atoms with E-state index in [1.54, 1.807) is 24.3 Å². The van der Waals surface area contributed by atoms with Crippen LogP contribution in [-0.4, -0.2) is 31.2 Å². The van der Waals surface area contributed by atoms with Gasteiger partial charge in [0.1, 0.15) is 0 Å². The molecule has 0 unspecified atom stereocenters. The number of halogens is 3. The number of nitrogens with two attached hydrogens (primary N) is 1. The first kappa shape index (κ1) is 23.7. The Hall–Kier alpha value is -3.56. The highest BCUT2D eigenvalue weighted by molar-refractivity contribution is 5.89. The molecule has 31 heavy (non-hydrogen) atoms. The average Bonchev–Trinajstić information content (AvgIpc) is 2.69. The number of alkyl halides is 3. The van der Waals surface area contributed by atoms with Crippen LogP contribution in [0.3, 0.4) is 0 Å². The molecule has 0 aliphatic carbocycles. The van der Waals surface area contributed by atoms with Crippen molar-refractivity contribution >= 4 is 35.2 Å². The van der Waals surface area contributed by atoms with Crippen LogP contribution in [0.2, 0.25) is 0 Å². The molecule has 0 saturated carbocycles. The Morgan fingerprint density at radius 2 is 1.94 bits per heavy atom. The van der Waals surface area contributed by atoms with Gasteiger partial charge < -0.3 is 21.3 Å². The van der Waals surface area contributed by atoms with Crippen molar-refractivity contribution in [2.24, 2.45) is 10.7 Å². The number of primary amides is 1. The van der Waals surface area contributed by atoms with Crippen molar-refractivity contribution in [1.29, 1.82) is 0 Å². The number of hydrogen-bond donors (Lipinski definition) is 3. The summed E-state index contributed by atoms with van der Waals surface area (Å²) in [6.45, 7) is 4.08. The SMILES string of the molecule is CC(C)=Nc1ccc(NCc2cccc(C(F)(F)F)c2)cc1N(C=O)CCNC(N)=O. The molecule has 2 aromatic rings. The van der Waals surface area contributed by atoms with Crippen LogP contribution in [0.5, 0.6) is 0 Å². The Kier molecular flexibility index (Phi) is 8.00. The number of anilines is 2. The zero-order chi connectivity index (χ0) is 23.0. The van der Waals surface area contributed by atoms with Gasteiger partial charge in [0, 0.05) is 31.0 Å². The molecule has 0 atom stereocenters. The maximum atomic E-state index is 12.9. The highest BCUT2D eigenvalue weighted by Crippen LogP contribution is 2.32. The van der Waals surface area contributed by atoms with E-state index >= 15 is 0 Å². The second-order valence-electron chi connectivity index (χ2n) is 6.90. The Morgan fingerprint density at radius 1 is 1.19 bits per heavy atom. The zero-order valence-electron chi connectivity index (χ0n) is 17.2. The van der Waals surface area contributed by atoms with E-state index in [1.165, 1.54) is 11.0 Å². The fourth-order valence-electron chi connectivity index (χ4n) is 2.79. The maximum absolute atomic E-state index is 12.9. The molecular weight excluding hydrogens is 411 g/mol. The summed E-state index contributed by atoms with van der Waals surface area (Å²) in [5.74, 6) is 0. The third-order valence-corrected chi connectivity index (χ3v) is 4.16. The van der Waals surface area contributed by atoms with Gasteiger partial charge in [0.15, 0.2) is 0 Å². The molecule has 0 aliphatic heterocycles. The number of carbonyl (C=O) groups is 2. The van der Waals surface area contributed by atoms with Gasteiger partial charge in [0.2, 0.25) is 6.41 Å². The van der Waals surface area contributed by atoms with Gasteiger partial charge in [-0.1, -0.05) is 12.1 Å². The van der Waals surface area contributed by atoms with Crippen LogP contribution in [0, 0.1) is 0 Å². The van der Waals surface area contributed by atoms with Crippen molar-refractivity contribution in [3.8, 4) is 0 Å². The summed E-state index contributed by atoms with van der Waals surface area (Å²) in [6.07, 6.45) is -3.80. The van der Waals surface area contributed by atoms with Gasteiger partial charge in [-0.05, 0) is 49.7 Å². The zero-order valence-corrected chi connectivity index (χ0v) is 17.2. The molecule has 2 rings (SSSR count). The lowest BCUT2D eigenvalue weighted by atomic mass is 10.1. The second-order valence-corrected chi connectivity index (χ2v) is 6.90. The van der Waals surface area contributed by atoms with Crippen LogP contribution < -0.4 is 21.3 Å². The van der Waals surface area contributed by atoms with Crippen molar-refractivity contribution in [2.75, 3.05) is 23.3 Å². The van der Waals surface area contributed by atoms with Gasteiger partial charge in [-0.25, -0.2) is 4.79 Å². The summed E-state index contributed by atoms with van der Waals surface area (Å²) in [6, 6.07) is 9.45. The lowest BCUT2D eigenvalue weighted by molar-refractivity contribution is -0.137. The Balaban J connectivity index is 2.25. The van der Waals surface area contributed by atoms with Crippen molar-refractivity contribution in [3.05, 3.63) is 53.6 Å². The molecule has 0 heterocycles. The standard InChI is InChI=1S/C21H24F3N5O2/c1-14(2)28-18-7-6-17(11-19(18)29(13-30)9-8-26-20(25)31)27-12-15-4-3-5-16(10-15)21(22,23)24/h3-7,10-11,13,27H,8-9,12H2,1-2H3,(H3,25,26,31). The van der Waals surface area contributed by atoms with Crippen LogP contribution in [0.25, 0.3) is 0 Å². The number of rotatable bonds is 9. The number of amides is 3. The van der Waals surface area contributed by atoms with E-state index in [1.807, 2.05) is 13.8 Å². The molecule has 0 aromatic heterocycles. The van der Waals surface area contributed by atoms with Gasteiger partial charge in [-0.3, -0.25) is 9.79 Å². The van der Waals surface area contributed by atoms with Crippen LogP contribution in [0.15, 0.2) is 47.5 Å². The Morgan fingerprint density at radius 3 is 2.55 bits per heavy atom. The molecule has 0 aliphatic rings. The predicted molar refractivity (Wildman–Crippen MR) is 115 cm³/mol. The first-order valence-electron chi connectivity index (χ1n) is 9.41. The highest BCUT2D eigenvalue weighted by Gasteiger charge is 2.30. The predicted octanol–water partition coefficient (Wildman–Crippen LogP) is 4.06. The lowest BCUT2D eigenvalue weighted by Crippen LogP contribution is -2.37. The van der Waals surface area contributed by atoms with E-state index in [2.05, 4.69) is 15.6 Å². The minimum atomic E-state index is -4.41. The van der Waals surface area contributed by atoms with Crippen LogP contribution in [-0.2, 0) is 17.5 Å². The van der Waals surface area contributed by atoms with E-state index in [4.69, 9.17) is 5.73 Å². The maximum Gasteiger partial charge on any atom is 0.416 e. The molecule has 4 N–H and O–H groups in total. The molecule has 2 aromatic carbocycles. The summed E-state index contributed by atoms with van der Waals surface area (Å²) in [5, 5.41) is 5.48. The molecule has 0 bridgehead atoms. The second kappa shape index (κ2) is 10.5. The normalized spacial score (nSPS) is 10.9. The largest absolute Gasteiger partial charge is 0.416 e. The first-order valence-corrected chi connectivity index (χ1v) is 9.41. The number of urea groups is 1. The summed E-state index contributed by atoms with van der Waals surface area (Å²) >= 11 is 0. The monoisotopic (exact) mass is 435 g/mol. The fourth-order valence-corrected chi connectivity index (χ4v) is 2.79. The summed E-state index contributed by atoms with van der Waals surface area (Å²) < 4.78 is 38.7. The van der Waals surface area contributed by atoms with E-state index in [9.17, 15) is 22.8 Å². The molecule has 7 nitrogen and oxygen atoms in total. The third kappa shape index (κ3) is 7.32. The number of carbonyl (C=O) groups excluding carboxylic acids is 2. The van der Waals surface area contributed by atoms with E-state index in [-0.39, 0.29) is 19.6 Å². The number of nitrogens with zero attached hydrogens (tertiary/aromatic N) is 2. The van der Waals surface area contributed by atoms with Crippen LogP contribution in [0.4, 0.5) is 35.0 Å². The molecule has 0 radical (unpaired) electrons. The minimum absolute atomic E-state index is 0.143. The highest BCUT2D eigenvalue weighted by atomic mass is 19.4. The van der Waals surface area contributed by atoms with E-state index < -0.39 is 17.8 Å². The quantitative estimate of drug-likeness (QED) is 0.409. The average molecular weight is 435 g/mol. The van der Waals surface area contributed by atoms with Gasteiger partial charge >= 0.3 is 12.2 Å². The van der Waals surface area contributed by atoms with Crippen molar-refractivity contribution in [3.63, 3.8) is 0 Å². The summed E-state index contributed by atoms with van der Waals surface area (Å²) in [4.78, 5) is 28.3. The number of aliphatic imine (C=N–C) groups is 1. The molecule has 0 saturated heterocycles. The van der Waals surface area contributed by atoms with Crippen LogP contribution >= 0.6 is 0 Å². The van der Waals surface area contributed by atoms with Gasteiger partial charge in [0.25, 0.3) is 0 Å². The number of nitrogens with one attached hydrogen (secondary N) is 2. The minimum Gasteiger partial charge on any atom is -0.381 e. The lowest BCUT2D eigenvalue weighted by Gasteiger charge is -2.21. The van der Waals surface area contributed by atoms with Crippen LogP contribution in [0.1, 0.15) is 25.0 Å². The molecule has 0 fully saturated rings. The Bertz CT molecular complexity index is 956. The third-order valence-electron chi connectivity index (χ3n) is 4.16. The Labute approximate surface area is 178 Å². The first-order chi connectivity index (χ1) is 14.6. The smallest absolute Gasteiger partial charge is 0.381 e.